The van der Waals surface area contributed by atoms with Gasteiger partial charge >= 0.3 is 0 Å². The maximum absolute atomic E-state index is 12.0. The number of ether oxygens (including phenoxy) is 1. The number of amides is 2. The highest BCUT2D eigenvalue weighted by atomic mass is 16.5. The molecule has 2 N–H and O–H groups in total. The molecule has 1 aromatic rings. The van der Waals surface area contributed by atoms with Crippen LogP contribution >= 0.6 is 0 Å². The molecule has 0 radical (unpaired) electrons. The Bertz CT molecular complexity index is 510. The molecule has 20 heavy (non-hydrogen) atoms. The molecular weight excluding hydrogens is 256 g/mol. The predicted molar refractivity (Wildman–Crippen MR) is 76.4 cm³/mol. The number of nitrogens with one attached hydrogen (secondary N) is 2. The van der Waals surface area contributed by atoms with Crippen LogP contribution in [0.2, 0.25) is 0 Å². The second kappa shape index (κ2) is 6.23. The van der Waals surface area contributed by atoms with Crippen molar-refractivity contribution in [3.05, 3.63) is 36.9 Å². The molecule has 2 unspecified atom stereocenters. The van der Waals surface area contributed by atoms with Crippen molar-refractivity contribution in [3.63, 3.8) is 0 Å². The van der Waals surface area contributed by atoms with Gasteiger partial charge in [-0.1, -0.05) is 6.08 Å². The molecule has 2 atom stereocenters. The second-order valence-electron chi connectivity index (χ2n) is 4.70. The third-order valence-corrected chi connectivity index (χ3v) is 3.24. The molecule has 0 saturated heterocycles. The fourth-order valence-electron chi connectivity index (χ4n) is 1.99. The number of carbonyl (C=O) groups excluding carboxylic acids is 2. The van der Waals surface area contributed by atoms with E-state index in [1.165, 1.54) is 0 Å². The van der Waals surface area contributed by atoms with Crippen LogP contribution in [-0.2, 0) is 9.59 Å². The quantitative estimate of drug-likeness (QED) is 0.774. The van der Waals surface area contributed by atoms with Crippen LogP contribution < -0.4 is 15.4 Å². The lowest BCUT2D eigenvalue weighted by molar-refractivity contribution is -0.125. The topological polar surface area (TPSA) is 67.4 Å². The van der Waals surface area contributed by atoms with Crippen molar-refractivity contribution in [1.29, 1.82) is 0 Å². The Hall–Kier alpha value is -2.30. The van der Waals surface area contributed by atoms with Gasteiger partial charge in [-0.15, -0.1) is 6.58 Å². The van der Waals surface area contributed by atoms with Crippen LogP contribution in [0, 0.1) is 11.8 Å². The molecule has 1 aromatic carbocycles. The molecule has 0 bridgehead atoms. The van der Waals surface area contributed by atoms with E-state index < -0.39 is 0 Å². The molecule has 1 aliphatic rings. The maximum atomic E-state index is 12.0. The molecule has 5 heteroatoms. The first-order valence-corrected chi connectivity index (χ1v) is 6.49. The zero-order chi connectivity index (χ0) is 14.5. The Balaban J connectivity index is 1.84. The molecule has 0 heterocycles. The fourth-order valence-corrected chi connectivity index (χ4v) is 1.99. The molecule has 1 fully saturated rings. The Morgan fingerprint density at radius 2 is 1.95 bits per heavy atom. The van der Waals surface area contributed by atoms with Crippen LogP contribution in [-0.4, -0.2) is 25.5 Å². The van der Waals surface area contributed by atoms with Gasteiger partial charge in [-0.3, -0.25) is 9.59 Å². The molecule has 106 valence electrons. The summed E-state index contributed by atoms with van der Waals surface area (Å²) in [5.74, 6) is 0.0833. The standard InChI is InChI=1S/C15H18N2O3/c1-3-8-16-14(18)12-9-13(12)15(19)17-10-4-6-11(20-2)7-5-10/h3-7,12-13H,1,8-9H2,2H3,(H,16,18)(H,17,19). The summed E-state index contributed by atoms with van der Waals surface area (Å²) in [5.41, 5.74) is 0.702. The molecule has 0 spiro atoms. The highest BCUT2D eigenvalue weighted by Crippen LogP contribution is 2.39. The van der Waals surface area contributed by atoms with Crippen molar-refractivity contribution < 1.29 is 14.3 Å². The number of benzene rings is 1. The van der Waals surface area contributed by atoms with Gasteiger partial charge in [0.1, 0.15) is 5.75 Å². The number of carbonyl (C=O) groups is 2. The largest absolute Gasteiger partial charge is 0.497 e. The third-order valence-electron chi connectivity index (χ3n) is 3.24. The Labute approximate surface area is 118 Å². The van der Waals surface area contributed by atoms with Crippen LogP contribution in [0.25, 0.3) is 0 Å². The molecule has 1 aliphatic carbocycles. The van der Waals surface area contributed by atoms with Crippen LogP contribution in [0.15, 0.2) is 36.9 Å². The highest BCUT2D eigenvalue weighted by Gasteiger charge is 2.47. The second-order valence-corrected chi connectivity index (χ2v) is 4.70. The van der Waals surface area contributed by atoms with E-state index in [0.717, 1.165) is 5.75 Å². The van der Waals surface area contributed by atoms with E-state index in [4.69, 9.17) is 4.74 Å². The SMILES string of the molecule is C=CCNC(=O)C1CC1C(=O)Nc1ccc(OC)cc1. The summed E-state index contributed by atoms with van der Waals surface area (Å²) in [5, 5.41) is 5.51. The number of rotatable bonds is 6. The van der Waals surface area contributed by atoms with E-state index in [1.54, 1.807) is 37.5 Å². The van der Waals surface area contributed by atoms with Crippen molar-refractivity contribution in [3.8, 4) is 5.75 Å². The smallest absolute Gasteiger partial charge is 0.228 e. The lowest BCUT2D eigenvalue weighted by atomic mass is 10.2. The molecule has 2 rings (SSSR count). The minimum Gasteiger partial charge on any atom is -0.497 e. The van der Waals surface area contributed by atoms with Crippen LogP contribution in [0.1, 0.15) is 6.42 Å². The van der Waals surface area contributed by atoms with Gasteiger partial charge in [-0.2, -0.15) is 0 Å². The Morgan fingerprint density at radius 1 is 1.30 bits per heavy atom. The summed E-state index contributed by atoms with van der Waals surface area (Å²) in [6.07, 6.45) is 2.22. The summed E-state index contributed by atoms with van der Waals surface area (Å²) in [6, 6.07) is 7.09. The van der Waals surface area contributed by atoms with Crippen molar-refractivity contribution >= 4 is 17.5 Å². The van der Waals surface area contributed by atoms with E-state index in [9.17, 15) is 9.59 Å². The van der Waals surface area contributed by atoms with Crippen molar-refractivity contribution in [2.24, 2.45) is 11.8 Å². The summed E-state index contributed by atoms with van der Waals surface area (Å²) in [4.78, 5) is 23.6. The van der Waals surface area contributed by atoms with Crippen molar-refractivity contribution in [2.45, 2.75) is 6.42 Å². The van der Waals surface area contributed by atoms with E-state index in [-0.39, 0.29) is 23.7 Å². The first kappa shape index (κ1) is 14.1. The van der Waals surface area contributed by atoms with Gasteiger partial charge in [0.05, 0.1) is 18.9 Å². The number of anilines is 1. The van der Waals surface area contributed by atoms with Gasteiger partial charge in [-0.25, -0.2) is 0 Å². The Morgan fingerprint density at radius 3 is 2.55 bits per heavy atom. The maximum Gasteiger partial charge on any atom is 0.228 e. The van der Waals surface area contributed by atoms with Crippen molar-refractivity contribution in [1.82, 2.24) is 5.32 Å². The summed E-state index contributed by atoms with van der Waals surface area (Å²) in [7, 11) is 1.59. The minimum atomic E-state index is -0.234. The first-order chi connectivity index (χ1) is 9.65. The Kier molecular flexibility index (Phi) is 4.40. The number of hydrogen-bond donors (Lipinski definition) is 2. The average molecular weight is 274 g/mol. The predicted octanol–water partition coefficient (Wildman–Crippen LogP) is 1.57. The first-order valence-electron chi connectivity index (χ1n) is 6.49. The molecule has 0 aliphatic heterocycles. The van der Waals surface area contributed by atoms with E-state index in [1.807, 2.05) is 0 Å². The molecule has 5 nitrogen and oxygen atoms in total. The normalized spacial score (nSPS) is 19.9. The highest BCUT2D eigenvalue weighted by molar-refractivity contribution is 5.99. The number of methoxy groups -OCH3 is 1. The molecule has 0 aromatic heterocycles. The zero-order valence-corrected chi connectivity index (χ0v) is 11.4. The van der Waals surface area contributed by atoms with Crippen LogP contribution in [0.4, 0.5) is 5.69 Å². The zero-order valence-electron chi connectivity index (χ0n) is 11.4. The summed E-state index contributed by atoms with van der Waals surface area (Å²) >= 11 is 0. The molecular formula is C15H18N2O3. The van der Waals surface area contributed by atoms with Crippen molar-refractivity contribution in [2.75, 3.05) is 19.0 Å². The average Bonchev–Trinajstić information content (AvgIpc) is 3.26. The fraction of sp³-hybridized carbons (Fsp3) is 0.333. The summed E-state index contributed by atoms with van der Waals surface area (Å²) in [6.45, 7) is 3.96. The van der Waals surface area contributed by atoms with Gasteiger partial charge in [0.15, 0.2) is 0 Å². The number of hydrogen-bond acceptors (Lipinski definition) is 3. The van der Waals surface area contributed by atoms with Gasteiger partial charge < -0.3 is 15.4 Å². The van der Waals surface area contributed by atoms with Gasteiger partial charge in [0.2, 0.25) is 11.8 Å². The lowest BCUT2D eigenvalue weighted by Gasteiger charge is -2.06. The van der Waals surface area contributed by atoms with E-state index >= 15 is 0 Å². The van der Waals surface area contributed by atoms with Gasteiger partial charge in [-0.05, 0) is 30.7 Å². The van der Waals surface area contributed by atoms with E-state index in [2.05, 4.69) is 17.2 Å². The molecule has 2 amide bonds. The van der Waals surface area contributed by atoms with Gasteiger partial charge in [0, 0.05) is 12.2 Å². The molecule has 1 saturated carbocycles. The third kappa shape index (κ3) is 3.38. The van der Waals surface area contributed by atoms with Crippen LogP contribution in [0.5, 0.6) is 5.75 Å². The van der Waals surface area contributed by atoms with E-state index in [0.29, 0.717) is 18.7 Å². The van der Waals surface area contributed by atoms with Crippen LogP contribution in [0.3, 0.4) is 0 Å². The van der Waals surface area contributed by atoms with Gasteiger partial charge in [0.25, 0.3) is 0 Å². The summed E-state index contributed by atoms with van der Waals surface area (Å²) < 4.78 is 5.05. The minimum absolute atomic E-state index is 0.0835. The lowest BCUT2D eigenvalue weighted by Crippen LogP contribution is -2.27. The monoisotopic (exact) mass is 274 g/mol.